The highest BCUT2D eigenvalue weighted by Crippen LogP contribution is 2.46. The fourth-order valence-corrected chi connectivity index (χ4v) is 5.08. The second-order valence-corrected chi connectivity index (χ2v) is 9.17. The number of alkyl halides is 3. The predicted octanol–water partition coefficient (Wildman–Crippen LogP) is 5.23. The molecule has 1 aliphatic carbocycles. The van der Waals surface area contributed by atoms with Crippen LogP contribution < -0.4 is 0 Å². The summed E-state index contributed by atoms with van der Waals surface area (Å²) in [6, 6.07) is 9.80. The predicted molar refractivity (Wildman–Crippen MR) is 114 cm³/mol. The number of pyridine rings is 1. The van der Waals surface area contributed by atoms with Crippen molar-refractivity contribution in [1.29, 1.82) is 0 Å². The second-order valence-electron chi connectivity index (χ2n) is 8.73. The average molecular weight is 463 g/mol. The van der Waals surface area contributed by atoms with Crippen molar-refractivity contribution in [3.63, 3.8) is 0 Å². The zero-order valence-corrected chi connectivity index (χ0v) is 18.0. The maximum absolute atomic E-state index is 13.7. The number of benzene rings is 1. The number of nitrogens with zero attached hydrogens (tertiary/aromatic N) is 4. The number of aromatic nitrogens is 3. The van der Waals surface area contributed by atoms with Gasteiger partial charge in [0.25, 0.3) is 0 Å². The maximum Gasteiger partial charge on any atom is 0.417 e. The minimum Gasteiger partial charge on any atom is -0.341 e. The van der Waals surface area contributed by atoms with Crippen LogP contribution in [0.15, 0.2) is 42.6 Å². The lowest BCUT2D eigenvalue weighted by Gasteiger charge is -2.45. The van der Waals surface area contributed by atoms with E-state index in [0.717, 1.165) is 49.9 Å². The van der Waals surface area contributed by atoms with Crippen LogP contribution in [-0.4, -0.2) is 38.5 Å². The van der Waals surface area contributed by atoms with E-state index in [2.05, 4.69) is 10.2 Å². The van der Waals surface area contributed by atoms with Crippen molar-refractivity contribution in [3.05, 3.63) is 64.6 Å². The molecule has 5 nitrogen and oxygen atoms in total. The van der Waals surface area contributed by atoms with Crippen LogP contribution in [0.5, 0.6) is 0 Å². The molecule has 0 bridgehead atoms. The third-order valence-corrected chi connectivity index (χ3v) is 7.10. The third-order valence-electron chi connectivity index (χ3n) is 6.84. The van der Waals surface area contributed by atoms with Crippen LogP contribution in [0.2, 0.25) is 5.02 Å². The molecule has 3 aromatic rings. The molecule has 5 rings (SSSR count). The highest BCUT2D eigenvalue weighted by molar-refractivity contribution is 6.30. The summed E-state index contributed by atoms with van der Waals surface area (Å²) in [6.45, 7) is 1.06. The average Bonchev–Trinajstić information content (AvgIpc) is 3.17. The zero-order chi connectivity index (χ0) is 22.5. The summed E-state index contributed by atoms with van der Waals surface area (Å²) in [5.74, 6) is 0.381. The Balaban J connectivity index is 1.42. The molecule has 168 valence electrons. The number of halogens is 4. The van der Waals surface area contributed by atoms with Crippen molar-refractivity contribution in [2.45, 2.75) is 49.6 Å². The van der Waals surface area contributed by atoms with Gasteiger partial charge in [-0.2, -0.15) is 13.2 Å². The van der Waals surface area contributed by atoms with Gasteiger partial charge < -0.3 is 4.90 Å². The standard InChI is InChI=1S/C23H22ClF3N4O/c24-18-7-4-16(5-8-18)22(10-2-11-22)21(32)30-12-1-3-15(13-30)20-29-28-19-9-6-17(14-31(19)20)23(25,26)27/h4-9,14-15H,1-3,10-13H2. The van der Waals surface area contributed by atoms with Crippen molar-refractivity contribution in [2.24, 2.45) is 0 Å². The first kappa shape index (κ1) is 21.2. The zero-order valence-electron chi connectivity index (χ0n) is 17.3. The summed E-state index contributed by atoms with van der Waals surface area (Å²) in [5, 5.41) is 8.87. The summed E-state index contributed by atoms with van der Waals surface area (Å²) in [6.07, 6.45) is 0.678. The number of fused-ring (bicyclic) bond motifs is 1. The molecule has 1 aromatic carbocycles. The molecule has 32 heavy (non-hydrogen) atoms. The van der Waals surface area contributed by atoms with Crippen molar-refractivity contribution < 1.29 is 18.0 Å². The Morgan fingerprint density at radius 2 is 1.81 bits per heavy atom. The quantitative estimate of drug-likeness (QED) is 0.535. The van der Waals surface area contributed by atoms with Gasteiger partial charge in [0.05, 0.1) is 11.0 Å². The van der Waals surface area contributed by atoms with E-state index in [9.17, 15) is 18.0 Å². The summed E-state index contributed by atoms with van der Waals surface area (Å²) in [4.78, 5) is 15.5. The Hall–Kier alpha value is -2.61. The molecule has 1 unspecified atom stereocenters. The van der Waals surface area contributed by atoms with E-state index in [1.807, 2.05) is 29.2 Å². The van der Waals surface area contributed by atoms with E-state index in [1.165, 1.54) is 10.5 Å². The normalized spacial score (nSPS) is 20.9. The number of hydrogen-bond donors (Lipinski definition) is 0. The minimum absolute atomic E-state index is 0.0839. The molecule has 0 spiro atoms. The van der Waals surface area contributed by atoms with Gasteiger partial charge in [-0.15, -0.1) is 10.2 Å². The number of amides is 1. The molecular formula is C23H22ClF3N4O. The van der Waals surface area contributed by atoms with Gasteiger partial charge in [0.1, 0.15) is 5.82 Å². The van der Waals surface area contributed by atoms with Crippen molar-refractivity contribution >= 4 is 23.2 Å². The molecule has 2 fully saturated rings. The summed E-state index contributed by atoms with van der Waals surface area (Å²) in [5.41, 5.74) is 0.0603. The van der Waals surface area contributed by atoms with Gasteiger partial charge in [-0.1, -0.05) is 30.2 Å². The summed E-state index contributed by atoms with van der Waals surface area (Å²) >= 11 is 6.03. The monoisotopic (exact) mass is 462 g/mol. The lowest BCUT2D eigenvalue weighted by Crippen LogP contribution is -2.53. The van der Waals surface area contributed by atoms with Gasteiger partial charge in [-0.3, -0.25) is 9.20 Å². The Bertz CT molecular complexity index is 1150. The molecule has 1 aliphatic heterocycles. The van der Waals surface area contributed by atoms with E-state index >= 15 is 0 Å². The number of rotatable bonds is 3. The lowest BCUT2D eigenvalue weighted by atomic mass is 9.63. The fraction of sp³-hybridized carbons (Fsp3) is 0.435. The van der Waals surface area contributed by atoms with Gasteiger partial charge >= 0.3 is 6.18 Å². The van der Waals surface area contributed by atoms with Crippen molar-refractivity contribution in [2.75, 3.05) is 13.1 Å². The minimum atomic E-state index is -4.44. The molecule has 3 heterocycles. The third kappa shape index (κ3) is 3.54. The Morgan fingerprint density at radius 3 is 2.47 bits per heavy atom. The maximum atomic E-state index is 13.7. The van der Waals surface area contributed by atoms with Crippen LogP contribution in [-0.2, 0) is 16.4 Å². The smallest absolute Gasteiger partial charge is 0.341 e. The van der Waals surface area contributed by atoms with E-state index in [-0.39, 0.29) is 11.8 Å². The van der Waals surface area contributed by atoms with Gasteiger partial charge in [-0.05, 0) is 55.5 Å². The number of carbonyl (C=O) groups is 1. The SMILES string of the molecule is O=C(N1CCCC(c2nnc3ccc(C(F)(F)F)cn23)C1)C1(c2ccc(Cl)cc2)CCC1. The molecule has 1 saturated heterocycles. The molecular weight excluding hydrogens is 441 g/mol. The summed E-state index contributed by atoms with van der Waals surface area (Å²) < 4.78 is 41.1. The first-order chi connectivity index (χ1) is 15.3. The van der Waals surface area contributed by atoms with Gasteiger partial charge in [0, 0.05) is 30.2 Å². The van der Waals surface area contributed by atoms with E-state index in [1.54, 1.807) is 0 Å². The van der Waals surface area contributed by atoms with Crippen molar-refractivity contribution in [3.8, 4) is 0 Å². The highest BCUT2D eigenvalue weighted by Gasteiger charge is 2.48. The Morgan fingerprint density at radius 1 is 1.06 bits per heavy atom. The van der Waals surface area contributed by atoms with Crippen molar-refractivity contribution in [1.82, 2.24) is 19.5 Å². The first-order valence-corrected chi connectivity index (χ1v) is 11.1. The summed E-state index contributed by atoms with van der Waals surface area (Å²) in [7, 11) is 0. The first-order valence-electron chi connectivity index (χ1n) is 10.8. The van der Waals surface area contributed by atoms with Crippen LogP contribution in [0.1, 0.15) is 55.0 Å². The molecule has 0 N–H and O–H groups in total. The Labute approximate surface area is 188 Å². The number of piperidine rings is 1. The fourth-order valence-electron chi connectivity index (χ4n) is 4.95. The molecule has 1 amide bonds. The van der Waals surface area contributed by atoms with Crippen LogP contribution in [0.25, 0.3) is 5.65 Å². The van der Waals surface area contributed by atoms with E-state index < -0.39 is 17.2 Å². The molecule has 0 radical (unpaired) electrons. The van der Waals surface area contributed by atoms with Gasteiger partial charge in [-0.25, -0.2) is 0 Å². The van der Waals surface area contributed by atoms with Crippen LogP contribution in [0.4, 0.5) is 13.2 Å². The molecule has 2 aromatic heterocycles. The molecule has 1 saturated carbocycles. The molecule has 9 heteroatoms. The second kappa shape index (κ2) is 7.76. The number of carbonyl (C=O) groups excluding carboxylic acids is 1. The van der Waals surface area contributed by atoms with Gasteiger partial charge in [0.15, 0.2) is 5.65 Å². The number of likely N-dealkylation sites (tertiary alicyclic amines) is 1. The topological polar surface area (TPSA) is 50.5 Å². The lowest BCUT2D eigenvalue weighted by molar-refractivity contribution is -0.142. The number of hydrogen-bond acceptors (Lipinski definition) is 3. The molecule has 2 aliphatic rings. The van der Waals surface area contributed by atoms with Crippen LogP contribution in [0.3, 0.4) is 0 Å². The molecule has 1 atom stereocenters. The van der Waals surface area contributed by atoms with Crippen LogP contribution >= 0.6 is 11.6 Å². The van der Waals surface area contributed by atoms with E-state index in [0.29, 0.717) is 29.6 Å². The highest BCUT2D eigenvalue weighted by atomic mass is 35.5. The largest absolute Gasteiger partial charge is 0.417 e. The Kier molecular flexibility index (Phi) is 5.15. The van der Waals surface area contributed by atoms with Crippen LogP contribution in [0, 0.1) is 0 Å². The van der Waals surface area contributed by atoms with E-state index in [4.69, 9.17) is 11.6 Å². The van der Waals surface area contributed by atoms with Gasteiger partial charge in [0.2, 0.25) is 5.91 Å².